The van der Waals surface area contributed by atoms with E-state index in [0.717, 1.165) is 5.56 Å². The Morgan fingerprint density at radius 3 is 2.50 bits per heavy atom. The van der Waals surface area contributed by atoms with Crippen molar-refractivity contribution in [1.82, 2.24) is 0 Å². The fraction of sp³-hybridized carbons (Fsp3) is 0.250. The average Bonchev–Trinajstić information content (AvgIpc) is 2.05. The van der Waals surface area contributed by atoms with Crippen LogP contribution in [0.1, 0.15) is 11.1 Å². The topological polar surface area (TPSA) is 66.5 Å². The minimum absolute atomic E-state index is 0. The van der Waals surface area contributed by atoms with Crippen LogP contribution in [0.15, 0.2) is 18.2 Å². The Kier molecular flexibility index (Phi) is 4.89. The smallest absolute Gasteiger partial charge is 0.121 e. The van der Waals surface area contributed by atoms with Crippen molar-refractivity contribution in [3.8, 4) is 5.75 Å². The first-order chi connectivity index (χ1) is 5.27. The second kappa shape index (κ2) is 5.13. The van der Waals surface area contributed by atoms with E-state index in [1.165, 1.54) is 6.07 Å². The number of hydrogen-bond donors (Lipinski definition) is 3. The van der Waals surface area contributed by atoms with Gasteiger partial charge < -0.3 is 15.9 Å². The molecule has 0 saturated carbocycles. The highest BCUT2D eigenvalue weighted by Gasteiger charge is 1.99. The van der Waals surface area contributed by atoms with Gasteiger partial charge in [0.1, 0.15) is 5.75 Å². The summed E-state index contributed by atoms with van der Waals surface area (Å²) in [5, 5.41) is 17.9. The van der Waals surface area contributed by atoms with Crippen molar-refractivity contribution in [2.75, 3.05) is 0 Å². The van der Waals surface area contributed by atoms with Crippen molar-refractivity contribution in [2.24, 2.45) is 5.73 Å². The van der Waals surface area contributed by atoms with E-state index in [9.17, 15) is 0 Å². The van der Waals surface area contributed by atoms with E-state index >= 15 is 0 Å². The van der Waals surface area contributed by atoms with Crippen LogP contribution < -0.4 is 5.73 Å². The lowest BCUT2D eigenvalue weighted by Gasteiger charge is -2.02. The molecule has 0 aliphatic carbocycles. The van der Waals surface area contributed by atoms with Gasteiger partial charge in [-0.2, -0.15) is 0 Å². The number of aliphatic hydroxyl groups excluding tert-OH is 1. The lowest BCUT2D eigenvalue weighted by atomic mass is 10.1. The summed E-state index contributed by atoms with van der Waals surface area (Å²) in [6.07, 6.45) is 0. The van der Waals surface area contributed by atoms with Crippen LogP contribution in [-0.4, -0.2) is 10.2 Å². The van der Waals surface area contributed by atoms with Crippen LogP contribution >= 0.6 is 17.0 Å². The molecule has 4 N–H and O–H groups in total. The molecular formula is C8H12BrNO2. The molecule has 0 heterocycles. The van der Waals surface area contributed by atoms with Gasteiger partial charge in [-0.05, 0) is 17.7 Å². The van der Waals surface area contributed by atoms with Crippen LogP contribution in [0.4, 0.5) is 0 Å². The Hall–Kier alpha value is -0.580. The van der Waals surface area contributed by atoms with E-state index in [4.69, 9.17) is 15.9 Å². The molecule has 0 spiro atoms. The summed E-state index contributed by atoms with van der Waals surface area (Å²) in [6.45, 7) is 0.271. The molecule has 1 aromatic rings. The minimum Gasteiger partial charge on any atom is -0.508 e. The molecule has 0 unspecified atom stereocenters. The number of hydrogen-bond acceptors (Lipinski definition) is 3. The average molecular weight is 234 g/mol. The van der Waals surface area contributed by atoms with Crippen molar-refractivity contribution < 1.29 is 10.2 Å². The second-order valence-corrected chi connectivity index (χ2v) is 2.33. The number of rotatable bonds is 2. The maximum atomic E-state index is 9.13. The summed E-state index contributed by atoms with van der Waals surface area (Å²) in [7, 11) is 0. The molecule has 68 valence electrons. The van der Waals surface area contributed by atoms with E-state index in [0.29, 0.717) is 12.1 Å². The number of phenols is 1. The van der Waals surface area contributed by atoms with Gasteiger partial charge >= 0.3 is 0 Å². The third kappa shape index (κ3) is 2.48. The molecule has 1 aromatic carbocycles. The lowest BCUT2D eigenvalue weighted by Crippen LogP contribution is -1.97. The Morgan fingerprint density at radius 1 is 1.33 bits per heavy atom. The van der Waals surface area contributed by atoms with Gasteiger partial charge in [-0.1, -0.05) is 6.07 Å². The third-order valence-electron chi connectivity index (χ3n) is 1.55. The van der Waals surface area contributed by atoms with Crippen molar-refractivity contribution in [3.05, 3.63) is 29.3 Å². The van der Waals surface area contributed by atoms with Crippen LogP contribution in [0.2, 0.25) is 0 Å². The summed E-state index contributed by atoms with van der Waals surface area (Å²) in [4.78, 5) is 0. The normalized spacial score (nSPS) is 9.17. The van der Waals surface area contributed by atoms with E-state index in [2.05, 4.69) is 0 Å². The maximum absolute atomic E-state index is 9.13. The lowest BCUT2D eigenvalue weighted by molar-refractivity contribution is 0.275. The maximum Gasteiger partial charge on any atom is 0.121 e. The number of halogens is 1. The number of benzene rings is 1. The highest BCUT2D eigenvalue weighted by atomic mass is 79.9. The Balaban J connectivity index is 0.00000121. The third-order valence-corrected chi connectivity index (χ3v) is 1.55. The molecular weight excluding hydrogens is 222 g/mol. The highest BCUT2D eigenvalue weighted by molar-refractivity contribution is 8.93. The van der Waals surface area contributed by atoms with Crippen molar-refractivity contribution in [2.45, 2.75) is 13.2 Å². The van der Waals surface area contributed by atoms with Crippen LogP contribution in [0, 0.1) is 0 Å². The molecule has 3 nitrogen and oxygen atoms in total. The Labute approximate surface area is 81.6 Å². The number of aromatic hydroxyl groups is 1. The van der Waals surface area contributed by atoms with Gasteiger partial charge in [0.25, 0.3) is 0 Å². The van der Waals surface area contributed by atoms with Crippen LogP contribution in [0.3, 0.4) is 0 Å². The minimum atomic E-state index is -0.153. The summed E-state index contributed by atoms with van der Waals surface area (Å²) in [6, 6.07) is 4.96. The highest BCUT2D eigenvalue weighted by Crippen LogP contribution is 2.17. The molecule has 0 radical (unpaired) electrons. The molecule has 1 rings (SSSR count). The standard InChI is InChI=1S/C8H11NO2.BrH/c9-4-6-1-2-8(11)7(3-6)5-10;/h1-3,10-11H,4-5,9H2;1H. The van der Waals surface area contributed by atoms with Crippen LogP contribution in [-0.2, 0) is 13.2 Å². The Bertz CT molecular complexity index is 253. The number of nitrogens with two attached hydrogens (primary N) is 1. The van der Waals surface area contributed by atoms with Crippen LogP contribution in [0.5, 0.6) is 5.75 Å². The first kappa shape index (κ1) is 11.4. The summed E-state index contributed by atoms with van der Waals surface area (Å²) >= 11 is 0. The summed E-state index contributed by atoms with van der Waals surface area (Å²) < 4.78 is 0. The second-order valence-electron chi connectivity index (χ2n) is 2.33. The zero-order valence-corrected chi connectivity index (χ0v) is 8.24. The first-order valence-electron chi connectivity index (χ1n) is 3.39. The fourth-order valence-electron chi connectivity index (χ4n) is 0.892. The molecule has 4 heteroatoms. The molecule has 0 bridgehead atoms. The quantitative estimate of drug-likeness (QED) is 0.712. The monoisotopic (exact) mass is 233 g/mol. The molecule has 0 amide bonds. The van der Waals surface area contributed by atoms with E-state index in [-0.39, 0.29) is 29.3 Å². The van der Waals surface area contributed by atoms with Crippen molar-refractivity contribution >= 4 is 17.0 Å². The molecule has 0 aliphatic rings. The predicted molar refractivity (Wildman–Crippen MR) is 52.2 cm³/mol. The first-order valence-corrected chi connectivity index (χ1v) is 3.39. The molecule has 0 aliphatic heterocycles. The molecule has 0 fully saturated rings. The van der Waals surface area contributed by atoms with Gasteiger partial charge in [-0.15, -0.1) is 17.0 Å². The van der Waals surface area contributed by atoms with Gasteiger partial charge in [0, 0.05) is 12.1 Å². The van der Waals surface area contributed by atoms with E-state index < -0.39 is 0 Å². The van der Waals surface area contributed by atoms with Gasteiger partial charge in [-0.3, -0.25) is 0 Å². The summed E-state index contributed by atoms with van der Waals surface area (Å²) in [5.41, 5.74) is 6.79. The molecule has 0 saturated heterocycles. The van der Waals surface area contributed by atoms with Crippen LogP contribution in [0.25, 0.3) is 0 Å². The summed E-state index contributed by atoms with van der Waals surface area (Å²) in [5.74, 6) is 0.115. The molecule has 0 atom stereocenters. The fourth-order valence-corrected chi connectivity index (χ4v) is 0.892. The Morgan fingerprint density at radius 2 is 2.00 bits per heavy atom. The van der Waals surface area contributed by atoms with E-state index in [1.807, 2.05) is 0 Å². The van der Waals surface area contributed by atoms with Gasteiger partial charge in [-0.25, -0.2) is 0 Å². The van der Waals surface area contributed by atoms with E-state index in [1.54, 1.807) is 12.1 Å². The number of aliphatic hydroxyl groups is 1. The van der Waals surface area contributed by atoms with Gasteiger partial charge in [0.15, 0.2) is 0 Å². The molecule has 0 aromatic heterocycles. The zero-order valence-electron chi connectivity index (χ0n) is 6.53. The van der Waals surface area contributed by atoms with Crippen molar-refractivity contribution in [3.63, 3.8) is 0 Å². The predicted octanol–water partition coefficient (Wildman–Crippen LogP) is 0.921. The zero-order chi connectivity index (χ0) is 8.27. The van der Waals surface area contributed by atoms with Crippen molar-refractivity contribution in [1.29, 1.82) is 0 Å². The van der Waals surface area contributed by atoms with Gasteiger partial charge in [0.05, 0.1) is 6.61 Å². The van der Waals surface area contributed by atoms with Gasteiger partial charge in [0.2, 0.25) is 0 Å². The largest absolute Gasteiger partial charge is 0.508 e. The molecule has 12 heavy (non-hydrogen) atoms. The SMILES string of the molecule is Br.NCc1ccc(O)c(CO)c1.